The summed E-state index contributed by atoms with van der Waals surface area (Å²) < 4.78 is 9.96. The fraction of sp³-hybridized carbons (Fsp3) is 0.400. The van der Waals surface area contributed by atoms with Gasteiger partial charge in [0.2, 0.25) is 0 Å². The highest BCUT2D eigenvalue weighted by atomic mass is 16.6. The van der Waals surface area contributed by atoms with Crippen LogP contribution in [-0.2, 0) is 0 Å². The summed E-state index contributed by atoms with van der Waals surface area (Å²) in [6.45, 7) is -0.115. The molecule has 1 aromatic rings. The maximum absolute atomic E-state index is 10.9. The summed E-state index contributed by atoms with van der Waals surface area (Å²) in [5.41, 5.74) is 5.15. The first-order chi connectivity index (χ1) is 8.04. The molecule has 0 fully saturated rings. The van der Waals surface area contributed by atoms with Crippen LogP contribution in [0.3, 0.4) is 0 Å². The van der Waals surface area contributed by atoms with Crippen LogP contribution in [0, 0.1) is 10.1 Å². The molecule has 0 aliphatic carbocycles. The van der Waals surface area contributed by atoms with Crippen molar-refractivity contribution in [3.63, 3.8) is 0 Å². The Kier molecular flexibility index (Phi) is 4.24. The van der Waals surface area contributed by atoms with Crippen molar-refractivity contribution in [3.05, 3.63) is 27.8 Å². The lowest BCUT2D eigenvalue weighted by Crippen LogP contribution is -2.13. The number of methoxy groups -OCH3 is 2. The van der Waals surface area contributed by atoms with Crippen molar-refractivity contribution in [2.75, 3.05) is 20.8 Å². The van der Waals surface area contributed by atoms with Gasteiger partial charge >= 0.3 is 0 Å². The summed E-state index contributed by atoms with van der Waals surface area (Å²) in [4.78, 5) is 10.3. The Labute approximate surface area is 97.9 Å². The number of ether oxygens (including phenoxy) is 2. The zero-order valence-electron chi connectivity index (χ0n) is 9.54. The van der Waals surface area contributed by atoms with E-state index in [2.05, 4.69) is 0 Å². The molecule has 0 saturated heterocycles. The maximum atomic E-state index is 10.9. The number of hydrogen-bond donors (Lipinski definition) is 2. The van der Waals surface area contributed by atoms with E-state index in [1.807, 2.05) is 0 Å². The van der Waals surface area contributed by atoms with Gasteiger partial charge in [0.25, 0.3) is 5.69 Å². The summed E-state index contributed by atoms with van der Waals surface area (Å²) in [5.74, 6) is 0.535. The molecule has 0 heterocycles. The first-order valence-corrected chi connectivity index (χ1v) is 4.83. The van der Waals surface area contributed by atoms with E-state index in [0.717, 1.165) is 0 Å². The summed E-state index contributed by atoms with van der Waals surface area (Å²) in [6, 6.07) is 2.56. The number of rotatable bonds is 5. The molecule has 7 nitrogen and oxygen atoms in total. The maximum Gasteiger partial charge on any atom is 0.279 e. The molecular formula is C10H14N2O5. The molecule has 0 aliphatic heterocycles. The van der Waals surface area contributed by atoms with Gasteiger partial charge in [-0.25, -0.2) is 0 Å². The standard InChI is InChI=1S/C10H14N2O5/c1-16-9-3-6(8(13)5-11)7(12(14)15)4-10(9)17-2/h3-4,8,13H,5,11H2,1-2H3. The fourth-order valence-electron chi connectivity index (χ4n) is 1.44. The van der Waals surface area contributed by atoms with Gasteiger partial charge in [0.05, 0.1) is 36.9 Å². The third-order valence-corrected chi connectivity index (χ3v) is 2.31. The molecule has 0 amide bonds. The minimum absolute atomic E-state index is 0.107. The third-order valence-electron chi connectivity index (χ3n) is 2.31. The van der Waals surface area contributed by atoms with Gasteiger partial charge in [-0.2, -0.15) is 0 Å². The van der Waals surface area contributed by atoms with E-state index in [9.17, 15) is 15.2 Å². The average Bonchev–Trinajstić information content (AvgIpc) is 2.35. The fourth-order valence-corrected chi connectivity index (χ4v) is 1.44. The van der Waals surface area contributed by atoms with Gasteiger partial charge in [0, 0.05) is 6.54 Å². The normalized spacial score (nSPS) is 12.0. The van der Waals surface area contributed by atoms with Crippen LogP contribution in [0.15, 0.2) is 12.1 Å². The second kappa shape index (κ2) is 5.46. The van der Waals surface area contributed by atoms with Gasteiger partial charge in [-0.1, -0.05) is 0 Å². The van der Waals surface area contributed by atoms with Gasteiger partial charge in [0.15, 0.2) is 11.5 Å². The van der Waals surface area contributed by atoms with Crippen molar-refractivity contribution < 1.29 is 19.5 Å². The van der Waals surface area contributed by atoms with Gasteiger partial charge in [-0.05, 0) is 6.07 Å². The Morgan fingerprint density at radius 3 is 2.35 bits per heavy atom. The first-order valence-electron chi connectivity index (χ1n) is 4.83. The van der Waals surface area contributed by atoms with Crippen LogP contribution >= 0.6 is 0 Å². The number of nitrogens with two attached hydrogens (primary N) is 1. The molecule has 0 aromatic heterocycles. The molecule has 1 aromatic carbocycles. The van der Waals surface area contributed by atoms with Crippen molar-refractivity contribution in [1.29, 1.82) is 0 Å². The zero-order chi connectivity index (χ0) is 13.0. The highest BCUT2D eigenvalue weighted by Crippen LogP contribution is 2.36. The number of aliphatic hydroxyl groups is 1. The van der Waals surface area contributed by atoms with Crippen LogP contribution in [0.1, 0.15) is 11.7 Å². The van der Waals surface area contributed by atoms with Crippen molar-refractivity contribution in [2.24, 2.45) is 5.73 Å². The minimum Gasteiger partial charge on any atom is -0.493 e. The van der Waals surface area contributed by atoms with E-state index in [4.69, 9.17) is 15.2 Å². The summed E-state index contributed by atoms with van der Waals surface area (Å²) in [5, 5.41) is 20.5. The second-order valence-corrected chi connectivity index (χ2v) is 3.27. The third kappa shape index (κ3) is 2.63. The largest absolute Gasteiger partial charge is 0.493 e. The van der Waals surface area contributed by atoms with Crippen molar-refractivity contribution in [1.82, 2.24) is 0 Å². The van der Waals surface area contributed by atoms with Crippen LogP contribution in [0.5, 0.6) is 11.5 Å². The molecule has 7 heteroatoms. The molecule has 3 N–H and O–H groups in total. The Bertz CT molecular complexity index is 421. The SMILES string of the molecule is COc1cc(C(O)CN)c([N+](=O)[O-])cc1OC. The van der Waals surface area contributed by atoms with E-state index in [1.165, 1.54) is 26.4 Å². The molecule has 0 radical (unpaired) electrons. The van der Waals surface area contributed by atoms with E-state index in [0.29, 0.717) is 5.75 Å². The molecule has 1 atom stereocenters. The number of benzene rings is 1. The molecule has 0 spiro atoms. The van der Waals surface area contributed by atoms with E-state index >= 15 is 0 Å². The molecule has 0 bridgehead atoms. The smallest absolute Gasteiger partial charge is 0.279 e. The molecular weight excluding hydrogens is 228 g/mol. The number of nitro benzene ring substituents is 1. The number of nitro groups is 1. The second-order valence-electron chi connectivity index (χ2n) is 3.27. The minimum atomic E-state index is -1.12. The molecule has 1 unspecified atom stereocenters. The summed E-state index contributed by atoms with van der Waals surface area (Å²) in [7, 11) is 2.78. The first kappa shape index (κ1) is 13.2. The lowest BCUT2D eigenvalue weighted by molar-refractivity contribution is -0.386. The van der Waals surface area contributed by atoms with Crippen molar-refractivity contribution >= 4 is 5.69 Å². The van der Waals surface area contributed by atoms with Crippen LogP contribution < -0.4 is 15.2 Å². The predicted molar refractivity (Wildman–Crippen MR) is 60.2 cm³/mol. The Hall–Kier alpha value is -1.86. The average molecular weight is 242 g/mol. The Morgan fingerprint density at radius 2 is 1.94 bits per heavy atom. The van der Waals surface area contributed by atoms with Gasteiger partial charge < -0.3 is 20.3 Å². The molecule has 0 aliphatic rings. The predicted octanol–water partition coefficient (Wildman–Crippen LogP) is 0.604. The van der Waals surface area contributed by atoms with Crippen molar-refractivity contribution in [3.8, 4) is 11.5 Å². The van der Waals surface area contributed by atoms with Crippen LogP contribution in [0.2, 0.25) is 0 Å². The monoisotopic (exact) mass is 242 g/mol. The molecule has 94 valence electrons. The zero-order valence-corrected chi connectivity index (χ0v) is 9.54. The lowest BCUT2D eigenvalue weighted by Gasteiger charge is -2.13. The Morgan fingerprint density at radius 1 is 1.41 bits per heavy atom. The quantitative estimate of drug-likeness (QED) is 0.578. The number of hydrogen-bond acceptors (Lipinski definition) is 6. The molecule has 1 rings (SSSR count). The van der Waals surface area contributed by atoms with Gasteiger partial charge in [0.1, 0.15) is 0 Å². The lowest BCUT2D eigenvalue weighted by atomic mass is 10.1. The highest BCUT2D eigenvalue weighted by molar-refractivity contribution is 5.55. The van der Waals surface area contributed by atoms with Gasteiger partial charge in [-0.3, -0.25) is 10.1 Å². The van der Waals surface area contributed by atoms with E-state index in [-0.39, 0.29) is 23.5 Å². The van der Waals surface area contributed by atoms with Gasteiger partial charge in [-0.15, -0.1) is 0 Å². The Balaban J connectivity index is 3.40. The summed E-state index contributed by atoms with van der Waals surface area (Å²) in [6.07, 6.45) is -1.12. The van der Waals surface area contributed by atoms with E-state index < -0.39 is 11.0 Å². The molecule has 17 heavy (non-hydrogen) atoms. The topological polar surface area (TPSA) is 108 Å². The molecule has 0 saturated carbocycles. The number of aliphatic hydroxyl groups excluding tert-OH is 1. The van der Waals surface area contributed by atoms with E-state index in [1.54, 1.807) is 0 Å². The number of nitrogens with zero attached hydrogens (tertiary/aromatic N) is 1. The van der Waals surface area contributed by atoms with Crippen molar-refractivity contribution in [2.45, 2.75) is 6.10 Å². The van der Waals surface area contributed by atoms with Crippen LogP contribution in [0.25, 0.3) is 0 Å². The van der Waals surface area contributed by atoms with Crippen LogP contribution in [-0.4, -0.2) is 30.8 Å². The summed E-state index contributed by atoms with van der Waals surface area (Å²) >= 11 is 0. The van der Waals surface area contributed by atoms with Crippen LogP contribution in [0.4, 0.5) is 5.69 Å². The highest BCUT2D eigenvalue weighted by Gasteiger charge is 2.23.